The third-order valence-electron chi connectivity index (χ3n) is 5.24. The zero-order valence-corrected chi connectivity index (χ0v) is 18.6. The fourth-order valence-electron chi connectivity index (χ4n) is 3.53. The standard InChI is InChI=1S/C20H32Cl2N2O6/c1-29-24(20-19(28)18(27)17(26)16(13-25)30-20)10-2-3-14-4-6-15(7-5-14)23(11-8-21)12-9-22/h4-7,16-20,25-28H,2-3,8-13H2,1H3/t16-,17-,18+,19-,20-/m0/s1. The molecule has 0 bridgehead atoms. The van der Waals surface area contributed by atoms with Gasteiger partial charge in [0, 0.05) is 37.1 Å². The van der Waals surface area contributed by atoms with Crippen molar-refractivity contribution in [3.05, 3.63) is 29.8 Å². The first kappa shape index (κ1) is 25.6. The topological polar surface area (TPSA) is 106 Å². The van der Waals surface area contributed by atoms with E-state index in [0.717, 1.165) is 30.8 Å². The van der Waals surface area contributed by atoms with Crippen molar-refractivity contribution in [3.63, 3.8) is 0 Å². The van der Waals surface area contributed by atoms with Gasteiger partial charge in [-0.05, 0) is 30.5 Å². The van der Waals surface area contributed by atoms with Gasteiger partial charge in [0.1, 0.15) is 24.4 Å². The van der Waals surface area contributed by atoms with Crippen LogP contribution >= 0.6 is 23.2 Å². The Labute approximate surface area is 187 Å². The second-order valence-corrected chi connectivity index (χ2v) is 7.93. The lowest BCUT2D eigenvalue weighted by Crippen LogP contribution is -2.63. The molecule has 0 aliphatic carbocycles. The molecule has 5 atom stereocenters. The van der Waals surface area contributed by atoms with Gasteiger partial charge in [-0.1, -0.05) is 12.1 Å². The van der Waals surface area contributed by atoms with Crippen LogP contribution in [0.25, 0.3) is 0 Å². The Morgan fingerprint density at radius 2 is 1.60 bits per heavy atom. The van der Waals surface area contributed by atoms with Crippen LogP contribution in [0.5, 0.6) is 0 Å². The van der Waals surface area contributed by atoms with E-state index in [1.807, 2.05) is 12.1 Å². The van der Waals surface area contributed by atoms with Gasteiger partial charge in [-0.2, -0.15) is 5.06 Å². The summed E-state index contributed by atoms with van der Waals surface area (Å²) in [4.78, 5) is 7.46. The second-order valence-electron chi connectivity index (χ2n) is 7.18. The molecule has 8 nitrogen and oxygen atoms in total. The fourth-order valence-corrected chi connectivity index (χ4v) is 3.94. The lowest BCUT2D eigenvalue weighted by molar-refractivity contribution is -0.327. The molecular weight excluding hydrogens is 435 g/mol. The Morgan fingerprint density at radius 1 is 0.967 bits per heavy atom. The van der Waals surface area contributed by atoms with Gasteiger partial charge >= 0.3 is 0 Å². The number of aliphatic hydroxyl groups is 4. The van der Waals surface area contributed by atoms with Gasteiger partial charge in [0.25, 0.3) is 0 Å². The molecule has 1 heterocycles. The summed E-state index contributed by atoms with van der Waals surface area (Å²) in [5, 5.41) is 40.9. The SMILES string of the molecule is CON(CCCc1ccc(N(CCCl)CCCl)cc1)[C@H]1O[C@@H](CO)[C@H](O)[C@@H](O)[C@@H]1O. The van der Waals surface area contributed by atoms with E-state index in [0.29, 0.717) is 24.7 Å². The summed E-state index contributed by atoms with van der Waals surface area (Å²) in [6.45, 7) is 1.41. The molecule has 172 valence electrons. The summed E-state index contributed by atoms with van der Waals surface area (Å²) < 4.78 is 5.54. The summed E-state index contributed by atoms with van der Waals surface area (Å²) in [6, 6.07) is 8.19. The molecule has 0 radical (unpaired) electrons. The van der Waals surface area contributed by atoms with E-state index in [1.165, 1.54) is 12.2 Å². The number of aliphatic hydroxyl groups excluding tert-OH is 4. The Bertz CT molecular complexity index is 603. The molecule has 1 aliphatic rings. The second kappa shape index (κ2) is 13.0. The van der Waals surface area contributed by atoms with Crippen molar-refractivity contribution in [3.8, 4) is 0 Å². The molecule has 0 amide bonds. The number of benzene rings is 1. The molecule has 30 heavy (non-hydrogen) atoms. The number of halogens is 2. The lowest BCUT2D eigenvalue weighted by atomic mass is 9.98. The highest BCUT2D eigenvalue weighted by molar-refractivity contribution is 6.18. The quantitative estimate of drug-likeness (QED) is 0.261. The third kappa shape index (κ3) is 6.66. The Kier molecular flexibility index (Phi) is 11.1. The van der Waals surface area contributed by atoms with Crippen molar-refractivity contribution in [2.45, 2.75) is 43.5 Å². The smallest absolute Gasteiger partial charge is 0.162 e. The van der Waals surface area contributed by atoms with Crippen LogP contribution in [-0.2, 0) is 16.0 Å². The van der Waals surface area contributed by atoms with Gasteiger partial charge in [-0.3, -0.25) is 4.84 Å². The summed E-state index contributed by atoms with van der Waals surface area (Å²) in [5.41, 5.74) is 2.21. The number of rotatable bonds is 12. The number of ether oxygens (including phenoxy) is 1. The van der Waals surface area contributed by atoms with Crippen molar-refractivity contribution in [2.75, 3.05) is 50.0 Å². The van der Waals surface area contributed by atoms with Crippen molar-refractivity contribution in [1.82, 2.24) is 5.06 Å². The van der Waals surface area contributed by atoms with E-state index in [2.05, 4.69) is 17.0 Å². The Morgan fingerprint density at radius 3 is 2.13 bits per heavy atom. The minimum Gasteiger partial charge on any atom is -0.394 e. The van der Waals surface area contributed by atoms with Crippen LogP contribution in [0.2, 0.25) is 0 Å². The minimum absolute atomic E-state index is 0.422. The van der Waals surface area contributed by atoms with Gasteiger partial charge < -0.3 is 30.1 Å². The van der Waals surface area contributed by atoms with Crippen LogP contribution in [0.1, 0.15) is 12.0 Å². The summed E-state index contributed by atoms with van der Waals surface area (Å²) in [7, 11) is 1.44. The molecule has 2 rings (SSSR count). The van der Waals surface area contributed by atoms with Gasteiger partial charge in [0.15, 0.2) is 6.23 Å². The van der Waals surface area contributed by atoms with Crippen LogP contribution in [0.15, 0.2) is 24.3 Å². The molecule has 0 saturated carbocycles. The molecule has 10 heteroatoms. The van der Waals surface area contributed by atoms with Crippen LogP contribution < -0.4 is 4.90 Å². The summed E-state index contributed by atoms with van der Waals surface area (Å²) >= 11 is 11.7. The highest BCUT2D eigenvalue weighted by atomic mass is 35.5. The number of hydrogen-bond donors (Lipinski definition) is 4. The first-order valence-corrected chi connectivity index (χ1v) is 11.1. The van der Waals surface area contributed by atoms with Crippen LogP contribution in [0.4, 0.5) is 5.69 Å². The average Bonchev–Trinajstić information content (AvgIpc) is 2.76. The molecule has 0 unspecified atom stereocenters. The van der Waals surface area contributed by atoms with E-state index in [1.54, 1.807) is 0 Å². The Balaban J connectivity index is 1.91. The highest BCUT2D eigenvalue weighted by Crippen LogP contribution is 2.24. The number of nitrogens with zero attached hydrogens (tertiary/aromatic N) is 2. The average molecular weight is 467 g/mol. The van der Waals surface area contributed by atoms with Crippen LogP contribution in [0, 0.1) is 0 Å². The number of alkyl halides is 2. The molecule has 1 aromatic carbocycles. The predicted octanol–water partition coefficient (Wildman–Crippen LogP) is 0.566. The largest absolute Gasteiger partial charge is 0.394 e. The van der Waals surface area contributed by atoms with Gasteiger partial charge in [0.2, 0.25) is 0 Å². The predicted molar refractivity (Wildman–Crippen MR) is 116 cm³/mol. The van der Waals surface area contributed by atoms with E-state index in [4.69, 9.17) is 32.8 Å². The first-order chi connectivity index (χ1) is 14.5. The fraction of sp³-hybridized carbons (Fsp3) is 0.700. The van der Waals surface area contributed by atoms with Gasteiger partial charge in [-0.25, -0.2) is 0 Å². The molecular formula is C20H32Cl2N2O6. The molecule has 1 fully saturated rings. The molecule has 0 spiro atoms. The van der Waals surface area contributed by atoms with Crippen LogP contribution in [-0.4, -0.2) is 101 Å². The number of hydroxylamine groups is 2. The first-order valence-electron chi connectivity index (χ1n) is 10.0. The Hall–Kier alpha value is -0.680. The highest BCUT2D eigenvalue weighted by Gasteiger charge is 2.45. The van der Waals surface area contributed by atoms with E-state index < -0.39 is 37.3 Å². The maximum absolute atomic E-state index is 10.2. The molecule has 1 aliphatic heterocycles. The number of anilines is 1. The van der Waals surface area contributed by atoms with E-state index >= 15 is 0 Å². The summed E-state index contributed by atoms with van der Waals surface area (Å²) in [5.74, 6) is 1.06. The van der Waals surface area contributed by atoms with Crippen LogP contribution in [0.3, 0.4) is 0 Å². The van der Waals surface area contributed by atoms with E-state index in [-0.39, 0.29) is 0 Å². The van der Waals surface area contributed by atoms with Crippen molar-refractivity contribution >= 4 is 28.9 Å². The number of hydrogen-bond acceptors (Lipinski definition) is 8. The summed E-state index contributed by atoms with van der Waals surface area (Å²) in [6.07, 6.45) is -4.68. The molecule has 0 aromatic heterocycles. The lowest BCUT2D eigenvalue weighted by Gasteiger charge is -2.43. The minimum atomic E-state index is -1.44. The van der Waals surface area contributed by atoms with Gasteiger partial charge in [0.05, 0.1) is 13.7 Å². The third-order valence-corrected chi connectivity index (χ3v) is 5.58. The molecule has 1 saturated heterocycles. The van der Waals surface area contributed by atoms with Crippen molar-refractivity contribution < 1.29 is 30.0 Å². The normalized spacial score (nSPS) is 26.9. The number of aryl methyl sites for hydroxylation is 1. The van der Waals surface area contributed by atoms with Crippen molar-refractivity contribution in [2.24, 2.45) is 0 Å². The van der Waals surface area contributed by atoms with Crippen molar-refractivity contribution in [1.29, 1.82) is 0 Å². The van der Waals surface area contributed by atoms with Gasteiger partial charge in [-0.15, -0.1) is 23.2 Å². The zero-order valence-electron chi connectivity index (χ0n) is 17.1. The zero-order chi connectivity index (χ0) is 22.1. The molecule has 4 N–H and O–H groups in total. The maximum atomic E-state index is 10.2. The van der Waals surface area contributed by atoms with E-state index in [9.17, 15) is 20.4 Å². The molecule has 1 aromatic rings. The maximum Gasteiger partial charge on any atom is 0.162 e. The monoisotopic (exact) mass is 466 g/mol.